The van der Waals surface area contributed by atoms with Crippen LogP contribution in [0.4, 0.5) is 26.3 Å². The molecule has 1 saturated carbocycles. The summed E-state index contributed by atoms with van der Waals surface area (Å²) in [6.45, 7) is 2.19. The molecule has 0 radical (unpaired) electrons. The third kappa shape index (κ3) is 5.34. The van der Waals surface area contributed by atoms with Gasteiger partial charge in [0.05, 0.1) is 0 Å². The summed E-state index contributed by atoms with van der Waals surface area (Å²) < 4.78 is 84.6. The molecule has 4 rings (SSSR count). The van der Waals surface area contributed by atoms with Gasteiger partial charge >= 0.3 is 6.36 Å². The van der Waals surface area contributed by atoms with Gasteiger partial charge in [-0.05, 0) is 72.2 Å². The van der Waals surface area contributed by atoms with Gasteiger partial charge in [0.2, 0.25) is 5.75 Å². The molecule has 0 unspecified atom stereocenters. The van der Waals surface area contributed by atoms with E-state index >= 15 is 4.39 Å². The van der Waals surface area contributed by atoms with Gasteiger partial charge in [-0.1, -0.05) is 50.5 Å². The highest BCUT2D eigenvalue weighted by Gasteiger charge is 2.34. The normalized spacial score (nSPS) is 18.9. The van der Waals surface area contributed by atoms with E-state index in [9.17, 15) is 22.0 Å². The Balaban J connectivity index is 1.57. The first-order chi connectivity index (χ1) is 16.2. The van der Waals surface area contributed by atoms with Crippen molar-refractivity contribution in [2.75, 3.05) is 0 Å². The van der Waals surface area contributed by atoms with Crippen LogP contribution in [0.2, 0.25) is 0 Å². The van der Waals surface area contributed by atoms with Crippen LogP contribution in [-0.2, 0) is 0 Å². The smallest absolute Gasteiger partial charge is 0.399 e. The molecule has 0 heterocycles. The summed E-state index contributed by atoms with van der Waals surface area (Å²) in [6, 6.07) is 9.79. The number of ether oxygens (including phenoxy) is 1. The number of fused-ring (bicyclic) bond motifs is 1. The fraction of sp³-hybridized carbons (Fsp3) is 0.407. The number of rotatable bonds is 6. The third-order valence-corrected chi connectivity index (χ3v) is 6.79. The predicted octanol–water partition coefficient (Wildman–Crippen LogP) is 9.29. The zero-order valence-corrected chi connectivity index (χ0v) is 18.8. The maximum atomic E-state index is 15.0. The summed E-state index contributed by atoms with van der Waals surface area (Å²) in [5.41, 5.74) is 1.59. The van der Waals surface area contributed by atoms with Crippen LogP contribution in [0.3, 0.4) is 0 Å². The molecule has 34 heavy (non-hydrogen) atoms. The average Bonchev–Trinajstić information content (AvgIpc) is 2.80. The Morgan fingerprint density at radius 2 is 1.62 bits per heavy atom. The molecular weight excluding hydrogens is 454 g/mol. The lowest BCUT2D eigenvalue weighted by Crippen LogP contribution is -2.19. The Morgan fingerprint density at radius 1 is 0.882 bits per heavy atom. The lowest BCUT2D eigenvalue weighted by Gasteiger charge is -2.29. The minimum atomic E-state index is -5.23. The van der Waals surface area contributed by atoms with Crippen LogP contribution in [0.1, 0.15) is 63.4 Å². The van der Waals surface area contributed by atoms with Crippen molar-refractivity contribution >= 4 is 10.8 Å². The first-order valence-electron chi connectivity index (χ1n) is 11.6. The third-order valence-electron chi connectivity index (χ3n) is 6.79. The van der Waals surface area contributed by atoms with Crippen molar-refractivity contribution in [1.29, 1.82) is 0 Å². The van der Waals surface area contributed by atoms with E-state index in [1.54, 1.807) is 6.07 Å². The Hall–Kier alpha value is -2.70. The molecule has 0 aromatic heterocycles. The molecule has 0 spiro atoms. The Labute approximate surface area is 194 Å². The van der Waals surface area contributed by atoms with E-state index in [2.05, 4.69) is 11.7 Å². The number of benzene rings is 3. The average molecular weight is 480 g/mol. The van der Waals surface area contributed by atoms with E-state index in [0.29, 0.717) is 11.5 Å². The Morgan fingerprint density at radius 3 is 2.26 bits per heavy atom. The molecule has 7 heteroatoms. The minimum absolute atomic E-state index is 0.0101. The predicted molar refractivity (Wildman–Crippen MR) is 120 cm³/mol. The Bertz CT molecular complexity index is 1160. The van der Waals surface area contributed by atoms with Crippen molar-refractivity contribution in [1.82, 2.24) is 0 Å². The Kier molecular flexibility index (Phi) is 7.10. The van der Waals surface area contributed by atoms with Gasteiger partial charge in [0, 0.05) is 10.9 Å². The highest BCUT2D eigenvalue weighted by molar-refractivity contribution is 5.89. The zero-order chi connectivity index (χ0) is 24.5. The van der Waals surface area contributed by atoms with Crippen LogP contribution in [0, 0.1) is 23.4 Å². The molecule has 1 aliphatic carbocycles. The number of hydrogen-bond acceptors (Lipinski definition) is 1. The van der Waals surface area contributed by atoms with E-state index < -0.39 is 29.6 Å². The molecule has 182 valence electrons. The van der Waals surface area contributed by atoms with Crippen LogP contribution in [-0.4, -0.2) is 6.36 Å². The van der Waals surface area contributed by atoms with Gasteiger partial charge in [0.25, 0.3) is 0 Å². The van der Waals surface area contributed by atoms with E-state index in [0.717, 1.165) is 43.2 Å². The molecule has 0 atom stereocenters. The molecular formula is C27H26F6O. The van der Waals surface area contributed by atoms with Gasteiger partial charge in [-0.25, -0.2) is 13.2 Å². The molecule has 0 N–H and O–H groups in total. The molecule has 0 aliphatic heterocycles. The second kappa shape index (κ2) is 9.88. The van der Waals surface area contributed by atoms with Crippen molar-refractivity contribution in [3.63, 3.8) is 0 Å². The number of halogens is 6. The number of alkyl halides is 3. The van der Waals surface area contributed by atoms with Crippen molar-refractivity contribution in [3.05, 3.63) is 65.5 Å². The van der Waals surface area contributed by atoms with Crippen LogP contribution >= 0.6 is 0 Å². The highest BCUT2D eigenvalue weighted by atomic mass is 19.4. The summed E-state index contributed by atoms with van der Waals surface area (Å²) in [6.07, 6.45) is 2.83. The topological polar surface area (TPSA) is 9.23 Å². The fourth-order valence-corrected chi connectivity index (χ4v) is 4.98. The molecule has 0 bridgehead atoms. The second-order valence-corrected chi connectivity index (χ2v) is 9.08. The SMILES string of the molecule is CCCCC1CCC(c2ccc(-c3ccc4c(F)c(OC(F)(F)F)c(F)cc4c3)c(F)c2)CC1. The summed E-state index contributed by atoms with van der Waals surface area (Å²) >= 11 is 0. The summed E-state index contributed by atoms with van der Waals surface area (Å²) in [5.74, 6) is -3.82. The maximum absolute atomic E-state index is 15.0. The fourth-order valence-electron chi connectivity index (χ4n) is 4.98. The van der Waals surface area contributed by atoms with E-state index in [4.69, 9.17) is 0 Å². The lowest BCUT2D eigenvalue weighted by molar-refractivity contribution is -0.276. The van der Waals surface area contributed by atoms with Crippen molar-refractivity contribution in [2.45, 2.75) is 64.1 Å². The van der Waals surface area contributed by atoms with Gasteiger partial charge in [-0.15, -0.1) is 13.2 Å². The van der Waals surface area contributed by atoms with E-state index in [1.807, 2.05) is 6.07 Å². The lowest BCUT2D eigenvalue weighted by atomic mass is 9.77. The summed E-state index contributed by atoms with van der Waals surface area (Å²) in [7, 11) is 0. The summed E-state index contributed by atoms with van der Waals surface area (Å²) in [5, 5.41) is -0.239. The van der Waals surface area contributed by atoms with Crippen molar-refractivity contribution in [2.24, 2.45) is 5.92 Å². The van der Waals surface area contributed by atoms with Gasteiger partial charge in [-0.2, -0.15) is 0 Å². The minimum Gasteiger partial charge on any atom is -0.399 e. The largest absolute Gasteiger partial charge is 0.573 e. The summed E-state index contributed by atoms with van der Waals surface area (Å²) in [4.78, 5) is 0. The van der Waals surface area contributed by atoms with Crippen molar-refractivity contribution < 1.29 is 31.1 Å². The molecule has 1 aliphatic rings. The van der Waals surface area contributed by atoms with Crippen LogP contribution in [0.25, 0.3) is 21.9 Å². The van der Waals surface area contributed by atoms with Crippen LogP contribution < -0.4 is 4.74 Å². The maximum Gasteiger partial charge on any atom is 0.573 e. The monoisotopic (exact) mass is 480 g/mol. The quantitative estimate of drug-likeness (QED) is 0.320. The molecule has 1 fully saturated rings. The molecule has 0 amide bonds. The van der Waals surface area contributed by atoms with Gasteiger partial charge < -0.3 is 4.74 Å². The van der Waals surface area contributed by atoms with Crippen LogP contribution in [0.5, 0.6) is 5.75 Å². The van der Waals surface area contributed by atoms with Gasteiger partial charge in [0.15, 0.2) is 11.6 Å². The first-order valence-corrected chi connectivity index (χ1v) is 11.6. The first kappa shape index (κ1) is 24.4. The number of hydrogen-bond donors (Lipinski definition) is 0. The van der Waals surface area contributed by atoms with Gasteiger partial charge in [0.1, 0.15) is 5.82 Å². The van der Waals surface area contributed by atoms with Crippen molar-refractivity contribution in [3.8, 4) is 16.9 Å². The highest BCUT2D eigenvalue weighted by Crippen LogP contribution is 2.40. The second-order valence-electron chi connectivity index (χ2n) is 9.08. The molecule has 3 aromatic rings. The molecule has 1 nitrogen and oxygen atoms in total. The standard InChI is InChI=1S/C27H26F6O/c1-2-3-4-16-5-7-17(8-6-16)18-9-11-21(23(28)14-18)19-10-12-22-20(13-19)15-24(29)26(25(22)30)34-27(31,32)33/h9-17H,2-8H2,1H3. The van der Waals surface area contributed by atoms with E-state index in [1.165, 1.54) is 43.5 Å². The number of unbranched alkanes of at least 4 members (excludes halogenated alkanes) is 1. The zero-order valence-electron chi connectivity index (χ0n) is 18.8. The molecule has 3 aromatic carbocycles. The molecule has 0 saturated heterocycles. The van der Waals surface area contributed by atoms with Crippen LogP contribution in [0.15, 0.2) is 42.5 Å². The van der Waals surface area contributed by atoms with Gasteiger partial charge in [-0.3, -0.25) is 0 Å². The van der Waals surface area contributed by atoms with E-state index in [-0.39, 0.29) is 16.3 Å².